The molecular weight excluding hydrogens is 294 g/mol. The zero-order chi connectivity index (χ0) is 13.9. The predicted octanol–water partition coefficient (Wildman–Crippen LogP) is 3.44. The summed E-state index contributed by atoms with van der Waals surface area (Å²) in [4.78, 5) is 13.2. The quantitative estimate of drug-likeness (QED) is 0.905. The molecule has 0 saturated carbocycles. The molecular formula is C14H20BrNO2. The van der Waals surface area contributed by atoms with E-state index in [1.807, 2.05) is 30.9 Å². The van der Waals surface area contributed by atoms with Gasteiger partial charge in [0, 0.05) is 11.0 Å². The Kier molecular flexibility index (Phi) is 4.93. The molecule has 0 radical (unpaired) electrons. The van der Waals surface area contributed by atoms with Crippen molar-refractivity contribution in [3.8, 4) is 0 Å². The third kappa shape index (κ3) is 3.33. The maximum absolute atomic E-state index is 11.3. The van der Waals surface area contributed by atoms with Gasteiger partial charge in [0.25, 0.3) is 0 Å². The molecule has 1 aromatic carbocycles. The molecule has 0 unspecified atom stereocenters. The van der Waals surface area contributed by atoms with Crippen molar-refractivity contribution in [2.45, 2.75) is 39.8 Å². The van der Waals surface area contributed by atoms with Crippen LogP contribution in [0.4, 0.5) is 0 Å². The van der Waals surface area contributed by atoms with Gasteiger partial charge in [-0.15, -0.1) is 0 Å². The Labute approximate surface area is 117 Å². The van der Waals surface area contributed by atoms with E-state index in [9.17, 15) is 9.90 Å². The minimum atomic E-state index is -0.862. The fourth-order valence-electron chi connectivity index (χ4n) is 1.83. The van der Waals surface area contributed by atoms with Gasteiger partial charge in [0.15, 0.2) is 0 Å². The number of carboxylic acids is 1. The standard InChI is InChI=1S/C14H20BrNO2/c1-5-16(14(3,4)13(17)18)9-11-7-6-10(2)8-12(11)15/h6-8H,5,9H2,1-4H3,(H,17,18). The molecule has 0 aromatic heterocycles. The van der Waals surface area contributed by atoms with E-state index >= 15 is 0 Å². The predicted molar refractivity (Wildman–Crippen MR) is 76.7 cm³/mol. The summed E-state index contributed by atoms with van der Waals surface area (Å²) in [6, 6.07) is 6.14. The lowest BCUT2D eigenvalue weighted by molar-refractivity contribution is -0.149. The molecule has 3 nitrogen and oxygen atoms in total. The number of nitrogens with zero attached hydrogens (tertiary/aromatic N) is 1. The molecule has 0 atom stereocenters. The summed E-state index contributed by atoms with van der Waals surface area (Å²) in [7, 11) is 0. The van der Waals surface area contributed by atoms with E-state index in [2.05, 4.69) is 22.0 Å². The molecule has 0 saturated heterocycles. The van der Waals surface area contributed by atoms with Gasteiger partial charge in [-0.05, 0) is 44.5 Å². The average Bonchev–Trinajstić information content (AvgIpc) is 2.27. The lowest BCUT2D eigenvalue weighted by atomic mass is 10.0. The highest BCUT2D eigenvalue weighted by Crippen LogP contribution is 2.24. The molecule has 1 aromatic rings. The fourth-order valence-corrected chi connectivity index (χ4v) is 2.44. The van der Waals surface area contributed by atoms with Crippen molar-refractivity contribution in [2.75, 3.05) is 6.54 Å². The largest absolute Gasteiger partial charge is 0.480 e. The zero-order valence-electron chi connectivity index (χ0n) is 11.3. The van der Waals surface area contributed by atoms with Gasteiger partial charge >= 0.3 is 5.97 Å². The van der Waals surface area contributed by atoms with Crippen molar-refractivity contribution >= 4 is 21.9 Å². The van der Waals surface area contributed by atoms with Crippen LogP contribution in [0.15, 0.2) is 22.7 Å². The molecule has 0 spiro atoms. The normalized spacial score (nSPS) is 11.9. The van der Waals surface area contributed by atoms with Crippen LogP contribution in [0.25, 0.3) is 0 Å². The van der Waals surface area contributed by atoms with Gasteiger partial charge in [0.05, 0.1) is 0 Å². The van der Waals surface area contributed by atoms with Crippen molar-refractivity contribution < 1.29 is 9.90 Å². The van der Waals surface area contributed by atoms with E-state index < -0.39 is 11.5 Å². The molecule has 1 N–H and O–H groups in total. The SMILES string of the molecule is CCN(Cc1ccc(C)cc1Br)C(C)(C)C(=O)O. The van der Waals surface area contributed by atoms with E-state index in [1.54, 1.807) is 13.8 Å². The summed E-state index contributed by atoms with van der Waals surface area (Å²) in [5.41, 5.74) is 1.43. The Hall–Kier alpha value is -0.870. The molecule has 0 aliphatic carbocycles. The molecule has 4 heteroatoms. The van der Waals surface area contributed by atoms with Crippen LogP contribution in [0.2, 0.25) is 0 Å². The fraction of sp³-hybridized carbons (Fsp3) is 0.500. The van der Waals surface area contributed by atoms with Gasteiger partial charge in [-0.2, -0.15) is 0 Å². The number of carbonyl (C=O) groups is 1. The Morgan fingerprint density at radius 1 is 1.44 bits per heavy atom. The molecule has 18 heavy (non-hydrogen) atoms. The van der Waals surface area contributed by atoms with E-state index in [-0.39, 0.29) is 0 Å². The molecule has 100 valence electrons. The highest BCUT2D eigenvalue weighted by atomic mass is 79.9. The molecule has 0 bridgehead atoms. The lowest BCUT2D eigenvalue weighted by Crippen LogP contribution is -2.49. The topological polar surface area (TPSA) is 40.5 Å². The van der Waals surface area contributed by atoms with Gasteiger partial charge < -0.3 is 5.11 Å². The third-order valence-corrected chi connectivity index (χ3v) is 4.00. The van der Waals surface area contributed by atoms with E-state index in [4.69, 9.17) is 0 Å². The molecule has 1 rings (SSSR count). The van der Waals surface area contributed by atoms with E-state index in [0.29, 0.717) is 13.1 Å². The first-order valence-electron chi connectivity index (χ1n) is 6.02. The number of hydrogen-bond donors (Lipinski definition) is 1. The average molecular weight is 314 g/mol. The van der Waals surface area contributed by atoms with Crippen molar-refractivity contribution in [3.63, 3.8) is 0 Å². The summed E-state index contributed by atoms with van der Waals surface area (Å²) in [5.74, 6) is -0.799. The van der Waals surface area contributed by atoms with Gasteiger partial charge in [-0.25, -0.2) is 0 Å². The van der Waals surface area contributed by atoms with Crippen LogP contribution in [0, 0.1) is 6.92 Å². The van der Waals surface area contributed by atoms with E-state index in [0.717, 1.165) is 10.0 Å². The maximum Gasteiger partial charge on any atom is 0.323 e. The van der Waals surface area contributed by atoms with Gasteiger partial charge in [0.1, 0.15) is 5.54 Å². The molecule has 0 aliphatic rings. The van der Waals surface area contributed by atoms with Crippen molar-refractivity contribution in [3.05, 3.63) is 33.8 Å². The first-order chi connectivity index (χ1) is 8.28. The second-order valence-electron chi connectivity index (χ2n) is 4.97. The first kappa shape index (κ1) is 15.2. The van der Waals surface area contributed by atoms with E-state index in [1.165, 1.54) is 5.56 Å². The minimum absolute atomic E-state index is 0.622. The van der Waals surface area contributed by atoms with Crippen LogP contribution in [0.1, 0.15) is 31.9 Å². The number of aryl methyl sites for hydroxylation is 1. The molecule has 0 heterocycles. The lowest BCUT2D eigenvalue weighted by Gasteiger charge is -2.34. The van der Waals surface area contributed by atoms with Gasteiger partial charge in [0.2, 0.25) is 0 Å². The Balaban J connectivity index is 2.96. The number of hydrogen-bond acceptors (Lipinski definition) is 2. The summed E-state index contributed by atoms with van der Waals surface area (Å²) in [5, 5.41) is 9.28. The van der Waals surface area contributed by atoms with Crippen LogP contribution < -0.4 is 0 Å². The van der Waals surface area contributed by atoms with Crippen LogP contribution in [-0.2, 0) is 11.3 Å². The highest BCUT2D eigenvalue weighted by molar-refractivity contribution is 9.10. The van der Waals surface area contributed by atoms with Crippen molar-refractivity contribution in [2.24, 2.45) is 0 Å². The third-order valence-electron chi connectivity index (χ3n) is 3.27. The van der Waals surface area contributed by atoms with Crippen molar-refractivity contribution in [1.29, 1.82) is 0 Å². The van der Waals surface area contributed by atoms with Crippen LogP contribution in [0.3, 0.4) is 0 Å². The minimum Gasteiger partial charge on any atom is -0.480 e. The number of likely N-dealkylation sites (N-methyl/N-ethyl adjacent to an activating group) is 1. The van der Waals surface area contributed by atoms with Gasteiger partial charge in [-0.3, -0.25) is 9.69 Å². The zero-order valence-corrected chi connectivity index (χ0v) is 12.9. The monoisotopic (exact) mass is 313 g/mol. The smallest absolute Gasteiger partial charge is 0.323 e. The Morgan fingerprint density at radius 3 is 2.50 bits per heavy atom. The number of aliphatic carboxylic acids is 1. The molecule has 0 aliphatic heterocycles. The number of benzene rings is 1. The molecule has 0 amide bonds. The highest BCUT2D eigenvalue weighted by Gasteiger charge is 2.33. The first-order valence-corrected chi connectivity index (χ1v) is 6.81. The summed E-state index contributed by atoms with van der Waals surface area (Å²) in [6.45, 7) is 8.80. The molecule has 0 fully saturated rings. The second kappa shape index (κ2) is 5.85. The number of rotatable bonds is 5. The van der Waals surface area contributed by atoms with Gasteiger partial charge in [-0.1, -0.05) is 35.0 Å². The number of carboxylic acid groups (broad SMARTS) is 1. The summed E-state index contributed by atoms with van der Waals surface area (Å²) < 4.78 is 1.03. The Morgan fingerprint density at radius 2 is 2.06 bits per heavy atom. The maximum atomic E-state index is 11.3. The van der Waals surface area contributed by atoms with Crippen LogP contribution >= 0.6 is 15.9 Å². The van der Waals surface area contributed by atoms with Crippen LogP contribution in [-0.4, -0.2) is 28.1 Å². The second-order valence-corrected chi connectivity index (χ2v) is 5.83. The van der Waals surface area contributed by atoms with Crippen LogP contribution in [0.5, 0.6) is 0 Å². The summed E-state index contributed by atoms with van der Waals surface area (Å²) in [6.07, 6.45) is 0. The number of halogens is 1. The summed E-state index contributed by atoms with van der Waals surface area (Å²) >= 11 is 3.53. The van der Waals surface area contributed by atoms with Crippen molar-refractivity contribution in [1.82, 2.24) is 4.90 Å². The Bertz CT molecular complexity index is 443.